The maximum Gasteiger partial charge on any atom is 0.182 e. The van der Waals surface area contributed by atoms with Crippen LogP contribution in [-0.4, -0.2) is 29.9 Å². The van der Waals surface area contributed by atoms with Gasteiger partial charge >= 0.3 is 0 Å². The summed E-state index contributed by atoms with van der Waals surface area (Å²) in [5, 5.41) is 2.08. The molecule has 0 aliphatic carbocycles. The minimum atomic E-state index is 0.518. The Labute approximate surface area is 288 Å². The number of benzene rings is 5. The maximum absolute atomic E-state index is 5.28. The fourth-order valence-corrected chi connectivity index (χ4v) is 6.29. The maximum atomic E-state index is 5.28. The van der Waals surface area contributed by atoms with Crippen LogP contribution in [0.4, 0.5) is 0 Å². The fourth-order valence-electron chi connectivity index (χ4n) is 6.29. The number of rotatable bonds is 6. The minimum absolute atomic E-state index is 0.518. The van der Waals surface area contributed by atoms with Crippen LogP contribution in [0.1, 0.15) is 0 Å². The molecule has 0 amide bonds. The average molecular weight is 641 g/mol. The van der Waals surface area contributed by atoms with Crippen LogP contribution in [0.3, 0.4) is 0 Å². The average Bonchev–Trinajstić information content (AvgIpc) is 3.21. The van der Waals surface area contributed by atoms with Gasteiger partial charge in [-0.3, -0.25) is 4.98 Å². The molecule has 0 N–H and O–H groups in total. The molecule has 0 saturated carbocycles. The molecule has 0 unspecified atom stereocenters. The highest BCUT2D eigenvalue weighted by Gasteiger charge is 2.16. The molecule has 50 heavy (non-hydrogen) atoms. The predicted molar refractivity (Wildman–Crippen MR) is 201 cm³/mol. The van der Waals surface area contributed by atoms with Crippen LogP contribution in [0.2, 0.25) is 0 Å². The summed E-state index contributed by atoms with van der Waals surface area (Å²) in [6.45, 7) is 0. The molecule has 4 aromatic heterocycles. The highest BCUT2D eigenvalue weighted by Crippen LogP contribution is 2.36. The van der Waals surface area contributed by atoms with Gasteiger partial charge in [0.15, 0.2) is 17.5 Å². The van der Waals surface area contributed by atoms with Crippen molar-refractivity contribution in [2.45, 2.75) is 0 Å². The van der Waals surface area contributed by atoms with E-state index in [0.29, 0.717) is 23.2 Å². The third-order valence-electron chi connectivity index (χ3n) is 8.77. The number of aromatic nitrogens is 6. The van der Waals surface area contributed by atoms with Crippen LogP contribution >= 0.6 is 0 Å². The summed E-state index contributed by atoms with van der Waals surface area (Å²) in [5.74, 6) is 1.67. The van der Waals surface area contributed by atoms with E-state index >= 15 is 0 Å². The van der Waals surface area contributed by atoms with Crippen molar-refractivity contribution in [3.8, 4) is 67.9 Å². The van der Waals surface area contributed by atoms with Gasteiger partial charge in [-0.15, -0.1) is 0 Å². The number of hydrogen-bond acceptors (Lipinski definition) is 6. The molecule has 234 valence electrons. The summed E-state index contributed by atoms with van der Waals surface area (Å²) >= 11 is 0. The summed E-state index contributed by atoms with van der Waals surface area (Å²) in [7, 11) is 0. The lowest BCUT2D eigenvalue weighted by Gasteiger charge is -2.13. The summed E-state index contributed by atoms with van der Waals surface area (Å²) in [6.07, 6.45) is 1.75. The van der Waals surface area contributed by atoms with Crippen LogP contribution in [0, 0.1) is 0 Å². The second-order valence-corrected chi connectivity index (χ2v) is 12.0. The normalized spacial score (nSPS) is 11.2. The van der Waals surface area contributed by atoms with Crippen LogP contribution in [0.15, 0.2) is 170 Å². The van der Waals surface area contributed by atoms with E-state index in [1.165, 1.54) is 0 Å². The van der Waals surface area contributed by atoms with E-state index < -0.39 is 0 Å². The molecule has 9 aromatic rings. The molecule has 9 rings (SSSR count). The third-order valence-corrected chi connectivity index (χ3v) is 8.77. The summed E-state index contributed by atoms with van der Waals surface area (Å²) in [4.78, 5) is 29.6. The van der Waals surface area contributed by atoms with Gasteiger partial charge < -0.3 is 0 Å². The SMILES string of the molecule is c1ccc(-c2cc(-c3ccccc3)c3ccc4ccc(-c5cccc(-c6nc(-c7ccccc7)nc(-c7ccccn7)n6)c5)nc4c3n2)cc1. The van der Waals surface area contributed by atoms with E-state index in [1.807, 2.05) is 84.9 Å². The molecule has 4 heterocycles. The largest absolute Gasteiger partial charge is 0.253 e. The Bertz CT molecular complexity index is 2570. The topological polar surface area (TPSA) is 77.3 Å². The van der Waals surface area contributed by atoms with Crippen molar-refractivity contribution in [3.05, 3.63) is 170 Å². The summed E-state index contributed by atoms with van der Waals surface area (Å²) < 4.78 is 0. The van der Waals surface area contributed by atoms with Crippen molar-refractivity contribution in [2.24, 2.45) is 0 Å². The van der Waals surface area contributed by atoms with E-state index in [0.717, 1.165) is 66.6 Å². The molecule has 0 bridgehead atoms. The number of fused-ring (bicyclic) bond motifs is 3. The van der Waals surface area contributed by atoms with Crippen LogP contribution in [0.5, 0.6) is 0 Å². The number of pyridine rings is 3. The lowest BCUT2D eigenvalue weighted by atomic mass is 9.97. The lowest BCUT2D eigenvalue weighted by molar-refractivity contribution is 1.06. The monoisotopic (exact) mass is 640 g/mol. The van der Waals surface area contributed by atoms with Crippen molar-refractivity contribution in [3.63, 3.8) is 0 Å². The van der Waals surface area contributed by atoms with Gasteiger partial charge in [0.2, 0.25) is 0 Å². The zero-order chi connectivity index (χ0) is 33.3. The molecule has 0 fully saturated rings. The number of nitrogens with zero attached hydrogens (tertiary/aromatic N) is 6. The predicted octanol–water partition coefficient (Wildman–Crippen LogP) is 10.4. The Hall–Kier alpha value is -6.92. The first-order valence-electron chi connectivity index (χ1n) is 16.5. The van der Waals surface area contributed by atoms with Gasteiger partial charge in [-0.1, -0.05) is 133 Å². The fraction of sp³-hybridized carbons (Fsp3) is 0. The van der Waals surface area contributed by atoms with E-state index in [2.05, 4.69) is 83.8 Å². The Balaban J connectivity index is 1.20. The molecule has 0 atom stereocenters. The van der Waals surface area contributed by atoms with Crippen molar-refractivity contribution in [2.75, 3.05) is 0 Å². The standard InChI is InChI=1S/C44H28N6/c1-4-13-29(14-5-1)36-28-39(30-15-6-2-7-16-30)47-41-35(36)24-22-31-23-25-37(46-40(31)41)33-19-12-20-34(27-33)43-48-42(32-17-8-3-9-18-32)49-44(50-43)38-21-10-11-26-45-38/h1-28H. The van der Waals surface area contributed by atoms with Gasteiger partial charge in [0.05, 0.1) is 22.4 Å². The van der Waals surface area contributed by atoms with E-state index in [4.69, 9.17) is 24.9 Å². The Morgan fingerprint density at radius 2 is 0.920 bits per heavy atom. The van der Waals surface area contributed by atoms with E-state index in [-0.39, 0.29) is 0 Å². The van der Waals surface area contributed by atoms with Crippen molar-refractivity contribution in [1.29, 1.82) is 0 Å². The van der Waals surface area contributed by atoms with Gasteiger partial charge in [-0.2, -0.15) is 0 Å². The molecule has 5 aromatic carbocycles. The van der Waals surface area contributed by atoms with Crippen molar-refractivity contribution < 1.29 is 0 Å². The molecule has 6 heteroatoms. The van der Waals surface area contributed by atoms with Gasteiger partial charge in [0.1, 0.15) is 5.69 Å². The smallest absolute Gasteiger partial charge is 0.182 e. The Morgan fingerprint density at radius 1 is 0.320 bits per heavy atom. The van der Waals surface area contributed by atoms with Gasteiger partial charge in [-0.05, 0) is 41.5 Å². The van der Waals surface area contributed by atoms with E-state index in [9.17, 15) is 0 Å². The van der Waals surface area contributed by atoms with Crippen molar-refractivity contribution in [1.82, 2.24) is 29.9 Å². The molecule has 0 aliphatic heterocycles. The second kappa shape index (κ2) is 12.6. The second-order valence-electron chi connectivity index (χ2n) is 12.0. The number of hydrogen-bond donors (Lipinski definition) is 0. The molecule has 6 nitrogen and oxygen atoms in total. The lowest BCUT2D eigenvalue weighted by Crippen LogP contribution is -2.01. The Kier molecular flexibility index (Phi) is 7.37. The first-order chi connectivity index (χ1) is 24.8. The highest BCUT2D eigenvalue weighted by atomic mass is 15.0. The van der Waals surface area contributed by atoms with Gasteiger partial charge in [0.25, 0.3) is 0 Å². The third kappa shape index (κ3) is 5.55. The van der Waals surface area contributed by atoms with Crippen LogP contribution in [-0.2, 0) is 0 Å². The van der Waals surface area contributed by atoms with Crippen LogP contribution < -0.4 is 0 Å². The van der Waals surface area contributed by atoms with E-state index in [1.54, 1.807) is 6.20 Å². The minimum Gasteiger partial charge on any atom is -0.253 e. The highest BCUT2D eigenvalue weighted by molar-refractivity contribution is 6.09. The molecule has 0 aliphatic rings. The quantitative estimate of drug-likeness (QED) is 0.168. The van der Waals surface area contributed by atoms with Crippen LogP contribution in [0.25, 0.3) is 89.7 Å². The molecule has 0 radical (unpaired) electrons. The summed E-state index contributed by atoms with van der Waals surface area (Å²) in [5.41, 5.74) is 10.2. The Morgan fingerprint density at radius 3 is 1.66 bits per heavy atom. The summed E-state index contributed by atoms with van der Waals surface area (Å²) in [6, 6.07) is 55.3. The molecular weight excluding hydrogens is 613 g/mol. The zero-order valence-electron chi connectivity index (χ0n) is 26.8. The first kappa shape index (κ1) is 29.2. The molecule has 0 saturated heterocycles. The van der Waals surface area contributed by atoms with Gasteiger partial charge in [-0.25, -0.2) is 24.9 Å². The molecular formula is C44H28N6. The molecule has 0 spiro atoms. The van der Waals surface area contributed by atoms with Gasteiger partial charge in [0, 0.05) is 39.2 Å². The zero-order valence-corrected chi connectivity index (χ0v) is 26.8. The first-order valence-corrected chi connectivity index (χ1v) is 16.5. The van der Waals surface area contributed by atoms with Crippen molar-refractivity contribution >= 4 is 21.8 Å².